The van der Waals surface area contributed by atoms with Gasteiger partial charge in [0, 0.05) is 10.0 Å². The molecule has 1 aliphatic heterocycles. The number of rotatable bonds is 2. The van der Waals surface area contributed by atoms with Crippen molar-refractivity contribution in [1.82, 2.24) is 0 Å². The Morgan fingerprint density at radius 2 is 1.86 bits per heavy atom. The minimum Gasteiger partial charge on any atom is -0.496 e. The Morgan fingerprint density at radius 1 is 1.14 bits per heavy atom. The minimum absolute atomic E-state index is 0.0971. The molecular weight excluding hydrogens is 344 g/mol. The zero-order valence-electron chi connectivity index (χ0n) is 12.6. The van der Waals surface area contributed by atoms with Crippen molar-refractivity contribution in [2.75, 3.05) is 7.11 Å². The number of benzene rings is 2. The van der Waals surface area contributed by atoms with Crippen LogP contribution in [0.15, 0.2) is 40.6 Å². The summed E-state index contributed by atoms with van der Waals surface area (Å²) in [5.74, 6) is 1.53. The second kappa shape index (κ2) is 5.61. The molecule has 0 saturated heterocycles. The van der Waals surface area contributed by atoms with Crippen molar-refractivity contribution in [1.29, 1.82) is 0 Å². The van der Waals surface area contributed by atoms with Gasteiger partial charge < -0.3 is 9.47 Å². The number of allylic oxidation sites excluding steroid dienone is 1. The SMILES string of the molecule is COc1ccc(Br)cc1/C=C1\Oc2cc(C)c(C)cc2C1=O. The number of carbonyl (C=O) groups excluding carboxylic acids is 1. The second-order valence-electron chi connectivity index (χ2n) is 5.26. The topological polar surface area (TPSA) is 35.5 Å². The van der Waals surface area contributed by atoms with Crippen LogP contribution >= 0.6 is 15.9 Å². The smallest absolute Gasteiger partial charge is 0.231 e. The summed E-state index contributed by atoms with van der Waals surface area (Å²) in [6.45, 7) is 3.99. The first-order chi connectivity index (χ1) is 10.5. The first-order valence-electron chi connectivity index (χ1n) is 6.88. The van der Waals surface area contributed by atoms with Crippen LogP contribution in [0.2, 0.25) is 0 Å². The van der Waals surface area contributed by atoms with Crippen LogP contribution in [-0.2, 0) is 0 Å². The summed E-state index contributed by atoms with van der Waals surface area (Å²) in [6.07, 6.45) is 1.72. The number of halogens is 1. The number of Topliss-reactive ketones (excluding diaryl/α,β-unsaturated/α-hetero) is 1. The van der Waals surface area contributed by atoms with Crippen LogP contribution in [0.4, 0.5) is 0 Å². The Hall–Kier alpha value is -2.07. The van der Waals surface area contributed by atoms with Crippen LogP contribution in [0, 0.1) is 13.8 Å². The van der Waals surface area contributed by atoms with Crippen molar-refractivity contribution in [2.24, 2.45) is 0 Å². The van der Waals surface area contributed by atoms with Crippen molar-refractivity contribution in [3.05, 3.63) is 62.8 Å². The molecule has 3 nitrogen and oxygen atoms in total. The van der Waals surface area contributed by atoms with E-state index in [4.69, 9.17) is 9.47 Å². The van der Waals surface area contributed by atoms with Crippen LogP contribution in [0.25, 0.3) is 6.08 Å². The molecule has 1 aliphatic rings. The molecule has 0 aromatic heterocycles. The molecule has 0 radical (unpaired) electrons. The molecule has 0 spiro atoms. The maximum absolute atomic E-state index is 12.5. The molecule has 0 atom stereocenters. The van der Waals surface area contributed by atoms with Gasteiger partial charge in [0.2, 0.25) is 5.78 Å². The third kappa shape index (κ3) is 2.55. The summed E-state index contributed by atoms with van der Waals surface area (Å²) in [4.78, 5) is 12.5. The molecular formula is C18H15BrO3. The number of methoxy groups -OCH3 is 1. The van der Waals surface area contributed by atoms with Gasteiger partial charge in [-0.3, -0.25) is 4.79 Å². The van der Waals surface area contributed by atoms with Gasteiger partial charge in [0.05, 0.1) is 12.7 Å². The van der Waals surface area contributed by atoms with Gasteiger partial charge in [0.15, 0.2) is 5.76 Å². The average molecular weight is 359 g/mol. The molecule has 22 heavy (non-hydrogen) atoms. The zero-order chi connectivity index (χ0) is 15.9. The fourth-order valence-corrected chi connectivity index (χ4v) is 2.78. The van der Waals surface area contributed by atoms with Gasteiger partial charge in [-0.15, -0.1) is 0 Å². The standard InChI is InChI=1S/C18H15BrO3/c1-10-6-14-16(7-11(10)2)22-17(18(14)20)9-12-8-13(19)4-5-15(12)21-3/h4-9H,1-3H3/b17-9-. The van der Waals surface area contributed by atoms with Crippen molar-refractivity contribution < 1.29 is 14.3 Å². The molecule has 0 unspecified atom stereocenters. The van der Waals surface area contributed by atoms with E-state index in [1.165, 1.54) is 0 Å². The van der Waals surface area contributed by atoms with E-state index in [0.29, 0.717) is 22.8 Å². The average Bonchev–Trinajstić information content (AvgIpc) is 2.76. The summed E-state index contributed by atoms with van der Waals surface area (Å²) in [5.41, 5.74) is 3.59. The number of ketones is 1. The summed E-state index contributed by atoms with van der Waals surface area (Å²) >= 11 is 3.43. The summed E-state index contributed by atoms with van der Waals surface area (Å²) in [5, 5.41) is 0. The van der Waals surface area contributed by atoms with Crippen LogP contribution in [0.1, 0.15) is 27.0 Å². The summed E-state index contributed by atoms with van der Waals surface area (Å²) in [6, 6.07) is 9.41. The molecule has 0 bridgehead atoms. The lowest BCUT2D eigenvalue weighted by molar-refractivity contribution is 0.101. The predicted molar refractivity (Wildman–Crippen MR) is 89.5 cm³/mol. The molecule has 0 fully saturated rings. The van der Waals surface area contributed by atoms with Crippen LogP contribution in [-0.4, -0.2) is 12.9 Å². The lowest BCUT2D eigenvalue weighted by Crippen LogP contribution is -1.99. The molecule has 2 aromatic rings. The largest absolute Gasteiger partial charge is 0.496 e. The molecule has 1 heterocycles. The Balaban J connectivity index is 2.05. The van der Waals surface area contributed by atoms with E-state index in [0.717, 1.165) is 21.2 Å². The van der Waals surface area contributed by atoms with E-state index in [1.54, 1.807) is 13.2 Å². The molecule has 0 amide bonds. The molecule has 0 saturated carbocycles. The minimum atomic E-state index is -0.0971. The van der Waals surface area contributed by atoms with Crippen molar-refractivity contribution in [3.8, 4) is 11.5 Å². The van der Waals surface area contributed by atoms with Crippen LogP contribution in [0.3, 0.4) is 0 Å². The fraction of sp³-hybridized carbons (Fsp3) is 0.167. The third-order valence-corrected chi connectivity index (χ3v) is 4.26. The highest BCUT2D eigenvalue weighted by atomic mass is 79.9. The summed E-state index contributed by atoms with van der Waals surface area (Å²) in [7, 11) is 1.60. The van der Waals surface area contributed by atoms with Gasteiger partial charge in [-0.2, -0.15) is 0 Å². The quantitative estimate of drug-likeness (QED) is 0.730. The molecule has 112 valence electrons. The van der Waals surface area contributed by atoms with Crippen LogP contribution < -0.4 is 9.47 Å². The van der Waals surface area contributed by atoms with Gasteiger partial charge in [-0.05, 0) is 61.4 Å². The first-order valence-corrected chi connectivity index (χ1v) is 7.68. The molecule has 2 aromatic carbocycles. The van der Waals surface area contributed by atoms with Gasteiger partial charge in [-0.25, -0.2) is 0 Å². The first kappa shape index (κ1) is 14.9. The second-order valence-corrected chi connectivity index (χ2v) is 6.17. The highest BCUT2D eigenvalue weighted by Gasteiger charge is 2.28. The van der Waals surface area contributed by atoms with Crippen molar-refractivity contribution in [3.63, 3.8) is 0 Å². The van der Waals surface area contributed by atoms with E-state index in [9.17, 15) is 4.79 Å². The predicted octanol–water partition coefficient (Wildman–Crippen LogP) is 4.69. The van der Waals surface area contributed by atoms with Gasteiger partial charge >= 0.3 is 0 Å². The number of hydrogen-bond acceptors (Lipinski definition) is 3. The molecule has 0 N–H and O–H groups in total. The Kier molecular flexibility index (Phi) is 3.79. The van der Waals surface area contributed by atoms with Gasteiger partial charge in [0.1, 0.15) is 11.5 Å². The Morgan fingerprint density at radius 3 is 2.59 bits per heavy atom. The number of fused-ring (bicyclic) bond motifs is 1. The highest BCUT2D eigenvalue weighted by Crippen LogP contribution is 2.35. The van der Waals surface area contributed by atoms with E-state index in [2.05, 4.69) is 15.9 Å². The lowest BCUT2D eigenvalue weighted by Gasteiger charge is -2.06. The monoisotopic (exact) mass is 358 g/mol. The normalized spacial score (nSPS) is 14.9. The summed E-state index contributed by atoms with van der Waals surface area (Å²) < 4.78 is 12.0. The number of carbonyl (C=O) groups is 1. The highest BCUT2D eigenvalue weighted by molar-refractivity contribution is 9.10. The Bertz CT molecular complexity index is 806. The maximum Gasteiger partial charge on any atom is 0.231 e. The number of ether oxygens (including phenoxy) is 2. The third-order valence-electron chi connectivity index (χ3n) is 3.76. The number of hydrogen-bond donors (Lipinski definition) is 0. The maximum atomic E-state index is 12.5. The Labute approximate surface area is 137 Å². The van der Waals surface area contributed by atoms with Crippen molar-refractivity contribution >= 4 is 27.8 Å². The zero-order valence-corrected chi connectivity index (χ0v) is 14.2. The molecule has 3 rings (SSSR count). The number of aryl methyl sites for hydroxylation is 2. The van der Waals surface area contributed by atoms with Gasteiger partial charge in [-0.1, -0.05) is 15.9 Å². The molecule has 0 aliphatic carbocycles. The lowest BCUT2D eigenvalue weighted by atomic mass is 10.0. The van der Waals surface area contributed by atoms with Crippen molar-refractivity contribution in [2.45, 2.75) is 13.8 Å². The van der Waals surface area contributed by atoms with Gasteiger partial charge in [0.25, 0.3) is 0 Å². The van der Waals surface area contributed by atoms with Crippen LogP contribution in [0.5, 0.6) is 11.5 Å². The van der Waals surface area contributed by atoms with E-state index in [-0.39, 0.29) is 5.78 Å². The van der Waals surface area contributed by atoms with E-state index in [1.807, 2.05) is 44.2 Å². The fourth-order valence-electron chi connectivity index (χ4n) is 2.40. The van der Waals surface area contributed by atoms with E-state index >= 15 is 0 Å². The molecule has 4 heteroatoms. The van der Waals surface area contributed by atoms with E-state index < -0.39 is 0 Å².